The molecule has 6 heteroatoms. The highest BCUT2D eigenvalue weighted by Gasteiger charge is 2.18. The van der Waals surface area contributed by atoms with E-state index in [0.717, 1.165) is 16.9 Å². The van der Waals surface area contributed by atoms with Crippen LogP contribution in [0.1, 0.15) is 23.6 Å². The van der Waals surface area contributed by atoms with Crippen LogP contribution in [-0.2, 0) is 16.2 Å². The molecule has 132 valence electrons. The second kappa shape index (κ2) is 9.08. The maximum absolute atomic E-state index is 12.3. The van der Waals surface area contributed by atoms with Crippen LogP contribution in [0, 0.1) is 6.92 Å². The quantitative estimate of drug-likeness (QED) is 0.604. The van der Waals surface area contributed by atoms with Gasteiger partial charge < -0.3 is 14.9 Å². The minimum atomic E-state index is -0.292. The van der Waals surface area contributed by atoms with Crippen LogP contribution in [0.15, 0.2) is 47.6 Å². The van der Waals surface area contributed by atoms with Gasteiger partial charge in [0, 0.05) is 17.1 Å². The average Bonchev–Trinajstić information content (AvgIpc) is 2.59. The van der Waals surface area contributed by atoms with Crippen LogP contribution in [0.5, 0.6) is 5.75 Å². The van der Waals surface area contributed by atoms with E-state index in [9.17, 15) is 4.79 Å². The first kappa shape index (κ1) is 18.8. The molecular formula is C19H21ClN2O3. The van der Waals surface area contributed by atoms with E-state index in [1.54, 1.807) is 6.07 Å². The van der Waals surface area contributed by atoms with E-state index >= 15 is 0 Å². The van der Waals surface area contributed by atoms with Crippen LogP contribution in [-0.4, -0.2) is 25.3 Å². The third-order valence-electron chi connectivity index (χ3n) is 3.53. The van der Waals surface area contributed by atoms with E-state index in [1.165, 1.54) is 7.11 Å². The molecule has 0 aromatic heterocycles. The van der Waals surface area contributed by atoms with E-state index in [4.69, 9.17) is 21.2 Å². The molecular weight excluding hydrogens is 340 g/mol. The second-order valence-electron chi connectivity index (χ2n) is 5.34. The molecule has 0 atom stereocenters. The molecule has 0 saturated carbocycles. The molecule has 0 aliphatic rings. The largest absolute Gasteiger partial charge is 0.489 e. The van der Waals surface area contributed by atoms with Crippen molar-refractivity contribution in [3.05, 3.63) is 64.2 Å². The molecule has 0 aliphatic carbocycles. The number of benzene rings is 2. The maximum Gasteiger partial charge on any atom is 0.273 e. The van der Waals surface area contributed by atoms with E-state index in [-0.39, 0.29) is 11.6 Å². The molecule has 0 aliphatic heterocycles. The van der Waals surface area contributed by atoms with Crippen LogP contribution < -0.4 is 10.1 Å². The number of ether oxygens (including phenoxy) is 1. The number of hydrogen-bond acceptors (Lipinski definition) is 4. The Morgan fingerprint density at radius 2 is 2.00 bits per heavy atom. The number of likely N-dealkylation sites (N-methyl/N-ethyl adjacent to an activating group) is 1. The molecule has 2 rings (SSSR count). The predicted octanol–water partition coefficient (Wildman–Crippen LogP) is 3.71. The minimum absolute atomic E-state index is 0.219. The summed E-state index contributed by atoms with van der Waals surface area (Å²) in [4.78, 5) is 17.1. The summed E-state index contributed by atoms with van der Waals surface area (Å²) in [5.41, 5.74) is 2.66. The summed E-state index contributed by atoms with van der Waals surface area (Å²) in [6.45, 7) is 4.57. The molecule has 25 heavy (non-hydrogen) atoms. The van der Waals surface area contributed by atoms with Crippen molar-refractivity contribution < 1.29 is 14.4 Å². The smallest absolute Gasteiger partial charge is 0.273 e. The van der Waals surface area contributed by atoms with Crippen molar-refractivity contribution in [3.63, 3.8) is 0 Å². The Bertz CT molecular complexity index is 775. The summed E-state index contributed by atoms with van der Waals surface area (Å²) in [5, 5.41) is 7.29. The van der Waals surface area contributed by atoms with Gasteiger partial charge in [0.1, 0.15) is 19.5 Å². The summed E-state index contributed by atoms with van der Waals surface area (Å²) in [6, 6.07) is 12.9. The number of oxime groups is 1. The highest BCUT2D eigenvalue weighted by Crippen LogP contribution is 2.23. The van der Waals surface area contributed by atoms with Gasteiger partial charge in [-0.3, -0.25) is 4.79 Å². The van der Waals surface area contributed by atoms with Crippen LogP contribution in [0.25, 0.3) is 0 Å². The second-order valence-corrected chi connectivity index (χ2v) is 5.77. The number of carbonyl (C=O) groups is 1. The van der Waals surface area contributed by atoms with Crippen molar-refractivity contribution in [2.75, 3.05) is 13.7 Å². The number of amides is 1. The van der Waals surface area contributed by atoms with Gasteiger partial charge in [0.2, 0.25) is 0 Å². The molecule has 0 saturated heterocycles. The maximum atomic E-state index is 12.3. The van der Waals surface area contributed by atoms with Crippen molar-refractivity contribution in [1.29, 1.82) is 0 Å². The Labute approximate surface area is 152 Å². The van der Waals surface area contributed by atoms with E-state index in [0.29, 0.717) is 23.7 Å². The topological polar surface area (TPSA) is 59.9 Å². The van der Waals surface area contributed by atoms with Crippen molar-refractivity contribution in [2.24, 2.45) is 5.16 Å². The Morgan fingerprint density at radius 3 is 2.68 bits per heavy atom. The third-order valence-corrected chi connectivity index (χ3v) is 3.76. The Kier molecular flexibility index (Phi) is 6.83. The fourth-order valence-electron chi connectivity index (χ4n) is 2.36. The van der Waals surface area contributed by atoms with Crippen molar-refractivity contribution >= 4 is 23.2 Å². The SMILES string of the molecule is CCNC(=O)/C(=N/OC)c1ccccc1COc1ccc(Cl)cc1C. The molecule has 0 unspecified atom stereocenters. The van der Waals surface area contributed by atoms with Gasteiger partial charge in [0.05, 0.1) is 0 Å². The molecule has 2 aromatic carbocycles. The Hall–Kier alpha value is -2.53. The van der Waals surface area contributed by atoms with Crippen LogP contribution in [0.3, 0.4) is 0 Å². The van der Waals surface area contributed by atoms with E-state index in [2.05, 4.69) is 10.5 Å². The van der Waals surface area contributed by atoms with Crippen LogP contribution in [0.4, 0.5) is 0 Å². The average molecular weight is 361 g/mol. The minimum Gasteiger partial charge on any atom is -0.489 e. The number of aryl methyl sites for hydroxylation is 1. The van der Waals surface area contributed by atoms with Gasteiger partial charge in [-0.25, -0.2) is 0 Å². The van der Waals surface area contributed by atoms with Gasteiger partial charge in [-0.15, -0.1) is 0 Å². The standard InChI is InChI=1S/C19H21ClN2O3/c1-4-21-19(23)18(22-24-3)16-8-6-5-7-14(16)12-25-17-10-9-15(20)11-13(17)2/h5-11H,4,12H2,1-3H3,(H,21,23)/b22-18+. The third kappa shape index (κ3) is 4.97. The van der Waals surface area contributed by atoms with Gasteiger partial charge in [0.15, 0.2) is 5.71 Å². The zero-order valence-electron chi connectivity index (χ0n) is 14.5. The molecule has 0 bridgehead atoms. The van der Waals surface area contributed by atoms with E-state index < -0.39 is 0 Å². The van der Waals surface area contributed by atoms with E-state index in [1.807, 2.05) is 50.2 Å². The normalized spacial score (nSPS) is 11.1. The molecule has 1 amide bonds. The van der Waals surface area contributed by atoms with Gasteiger partial charge in [-0.2, -0.15) is 0 Å². The lowest BCUT2D eigenvalue weighted by Gasteiger charge is -2.13. The molecule has 0 fully saturated rings. The van der Waals surface area contributed by atoms with Gasteiger partial charge in [-0.05, 0) is 43.2 Å². The first-order chi connectivity index (χ1) is 12.1. The summed E-state index contributed by atoms with van der Waals surface area (Å²) in [5.74, 6) is 0.446. The van der Waals surface area contributed by atoms with Crippen molar-refractivity contribution in [3.8, 4) is 5.75 Å². The van der Waals surface area contributed by atoms with Crippen molar-refractivity contribution in [1.82, 2.24) is 5.32 Å². The molecule has 5 nitrogen and oxygen atoms in total. The zero-order chi connectivity index (χ0) is 18.2. The lowest BCUT2D eigenvalue weighted by Crippen LogP contribution is -2.32. The molecule has 2 aromatic rings. The number of rotatable bonds is 7. The van der Waals surface area contributed by atoms with Crippen LogP contribution >= 0.6 is 11.6 Å². The number of hydrogen-bond donors (Lipinski definition) is 1. The fourth-order valence-corrected chi connectivity index (χ4v) is 2.58. The monoisotopic (exact) mass is 360 g/mol. The molecule has 0 heterocycles. The number of carbonyl (C=O) groups excluding carboxylic acids is 1. The molecule has 1 N–H and O–H groups in total. The summed E-state index contributed by atoms with van der Waals surface area (Å²) in [6.07, 6.45) is 0. The fraction of sp³-hybridized carbons (Fsp3) is 0.263. The Balaban J connectivity index is 2.27. The highest BCUT2D eigenvalue weighted by atomic mass is 35.5. The van der Waals surface area contributed by atoms with Crippen LogP contribution in [0.2, 0.25) is 5.02 Å². The Morgan fingerprint density at radius 1 is 1.24 bits per heavy atom. The van der Waals surface area contributed by atoms with Gasteiger partial charge in [-0.1, -0.05) is 41.0 Å². The van der Waals surface area contributed by atoms with Gasteiger partial charge in [0.25, 0.3) is 5.91 Å². The van der Waals surface area contributed by atoms with Crippen molar-refractivity contribution in [2.45, 2.75) is 20.5 Å². The summed E-state index contributed by atoms with van der Waals surface area (Å²) >= 11 is 5.97. The van der Waals surface area contributed by atoms with Gasteiger partial charge >= 0.3 is 0 Å². The first-order valence-electron chi connectivity index (χ1n) is 7.93. The predicted molar refractivity (Wildman–Crippen MR) is 99.2 cm³/mol. The zero-order valence-corrected chi connectivity index (χ0v) is 15.3. The number of halogens is 1. The lowest BCUT2D eigenvalue weighted by molar-refractivity contribution is -0.114. The first-order valence-corrected chi connectivity index (χ1v) is 8.31. The summed E-state index contributed by atoms with van der Waals surface area (Å²) in [7, 11) is 1.41. The molecule has 0 radical (unpaired) electrons. The number of nitrogens with one attached hydrogen (secondary N) is 1. The highest BCUT2D eigenvalue weighted by molar-refractivity contribution is 6.45. The molecule has 0 spiro atoms. The summed E-state index contributed by atoms with van der Waals surface area (Å²) < 4.78 is 5.90. The lowest BCUT2D eigenvalue weighted by atomic mass is 10.0. The number of nitrogens with zero attached hydrogens (tertiary/aromatic N) is 1.